The maximum Gasteiger partial charge on any atom is 0.241 e. The largest absolute Gasteiger partial charge is 0.494 e. The van der Waals surface area contributed by atoms with Crippen LogP contribution in [0, 0.1) is 0 Å². The van der Waals surface area contributed by atoms with E-state index in [4.69, 9.17) is 30.9 Å². The van der Waals surface area contributed by atoms with Gasteiger partial charge in [-0.05, 0) is 59.6 Å². The summed E-state index contributed by atoms with van der Waals surface area (Å²) in [7, 11) is 1.63. The minimum absolute atomic E-state index is 0.167. The van der Waals surface area contributed by atoms with E-state index in [0.717, 1.165) is 12.8 Å². The van der Waals surface area contributed by atoms with Gasteiger partial charge in [0.05, 0.1) is 30.1 Å². The average Bonchev–Trinajstić information content (AvgIpc) is 3.46. The molecule has 3 atom stereocenters. The van der Waals surface area contributed by atoms with Gasteiger partial charge in [-0.15, -0.1) is 10.2 Å². The van der Waals surface area contributed by atoms with Crippen LogP contribution in [0.15, 0.2) is 30.6 Å². The molecule has 4 rings (SSSR count). The summed E-state index contributed by atoms with van der Waals surface area (Å²) in [5.41, 5.74) is 0.314. The molecule has 0 saturated carbocycles. The molecule has 1 aliphatic rings. The van der Waals surface area contributed by atoms with Gasteiger partial charge in [0.1, 0.15) is 40.1 Å². The number of hydrogen-bond donors (Lipinski definition) is 2. The molecule has 1 saturated heterocycles. The maximum absolute atomic E-state index is 13.3. The standard InChI is InChI=1S/C23H29ClN6O4S.C3H8O/c1-14(11-19-25-12-15(24)13-26-19)35(31)29-22-28-27-21(18-9-10-23(2,3)34-18)30(22)20-16(32-4)7-6-8-17(20)33-5;1-3(2)4/h6-8,12-14,18H,9-11H2,1-5H3,(H,28,29);3-4H,1-2H3. The van der Waals surface area contributed by atoms with E-state index in [1.54, 1.807) is 32.6 Å². The fraction of sp³-hybridized carbons (Fsp3) is 0.538. The summed E-state index contributed by atoms with van der Waals surface area (Å²) in [4.78, 5) is 8.40. The third-order valence-electron chi connectivity index (χ3n) is 5.77. The van der Waals surface area contributed by atoms with Gasteiger partial charge in [0.15, 0.2) is 5.82 Å². The Morgan fingerprint density at radius 1 is 1.18 bits per heavy atom. The zero-order valence-corrected chi connectivity index (χ0v) is 24.9. The van der Waals surface area contributed by atoms with Gasteiger partial charge in [-0.25, -0.2) is 14.2 Å². The molecule has 0 aliphatic carbocycles. The number of ether oxygens (including phenoxy) is 3. The summed E-state index contributed by atoms with van der Waals surface area (Å²) in [6.07, 6.45) is 4.61. The van der Waals surface area contributed by atoms with Crippen molar-refractivity contribution in [2.24, 2.45) is 0 Å². The van der Waals surface area contributed by atoms with Gasteiger partial charge < -0.3 is 19.3 Å². The average molecular weight is 581 g/mol. The Morgan fingerprint density at radius 3 is 2.28 bits per heavy atom. The molecule has 2 N–H and O–H groups in total. The quantitative estimate of drug-likeness (QED) is 0.376. The number of rotatable bonds is 9. The predicted octanol–water partition coefficient (Wildman–Crippen LogP) is 4.45. The van der Waals surface area contributed by atoms with Crippen LogP contribution in [0.2, 0.25) is 5.02 Å². The lowest BCUT2D eigenvalue weighted by atomic mass is 10.1. The number of aromatic nitrogens is 5. The van der Waals surface area contributed by atoms with Crippen molar-refractivity contribution in [1.82, 2.24) is 24.7 Å². The van der Waals surface area contributed by atoms with Crippen molar-refractivity contribution in [3.63, 3.8) is 0 Å². The van der Waals surface area contributed by atoms with Crippen molar-refractivity contribution < 1.29 is 23.5 Å². The number of aliphatic hydroxyl groups excluding tert-OH is 1. The lowest BCUT2D eigenvalue weighted by Gasteiger charge is -2.22. The number of anilines is 1. The fourth-order valence-electron chi connectivity index (χ4n) is 3.97. The van der Waals surface area contributed by atoms with Gasteiger partial charge in [-0.1, -0.05) is 17.7 Å². The first-order chi connectivity index (χ1) is 18.5. The number of nitrogens with zero attached hydrogens (tertiary/aromatic N) is 5. The molecule has 1 fully saturated rings. The van der Waals surface area contributed by atoms with Gasteiger partial charge in [-0.3, -0.25) is 9.29 Å². The van der Waals surface area contributed by atoms with Crippen molar-refractivity contribution in [1.29, 1.82) is 0 Å². The molecule has 3 aromatic rings. The molecule has 1 aliphatic heterocycles. The zero-order chi connectivity index (χ0) is 28.7. The van der Waals surface area contributed by atoms with Crippen molar-refractivity contribution in [3.8, 4) is 17.2 Å². The highest BCUT2D eigenvalue weighted by molar-refractivity contribution is 7.86. The number of hydrogen-bond acceptors (Lipinski definition) is 9. The second-order valence-electron chi connectivity index (χ2n) is 9.96. The Labute approximate surface area is 236 Å². The number of benzene rings is 1. The number of halogens is 1. The second-order valence-corrected chi connectivity index (χ2v) is 12.0. The molecule has 3 unspecified atom stereocenters. The van der Waals surface area contributed by atoms with Crippen LogP contribution in [0.25, 0.3) is 5.69 Å². The first-order valence-corrected chi connectivity index (χ1v) is 14.2. The highest BCUT2D eigenvalue weighted by atomic mass is 35.5. The Hall–Kier alpha value is -2.80. The summed E-state index contributed by atoms with van der Waals surface area (Å²) in [5, 5.41) is 17.0. The van der Waals surface area contributed by atoms with Crippen molar-refractivity contribution >= 4 is 28.5 Å². The second kappa shape index (κ2) is 13.5. The molecule has 214 valence electrons. The highest BCUT2D eigenvalue weighted by Crippen LogP contribution is 2.42. The molecule has 2 aromatic heterocycles. The summed E-state index contributed by atoms with van der Waals surface area (Å²) in [6.45, 7) is 9.38. The maximum atomic E-state index is 13.3. The van der Waals surface area contributed by atoms with Gasteiger partial charge >= 0.3 is 0 Å². The first kappa shape index (κ1) is 30.7. The van der Waals surface area contributed by atoms with E-state index < -0.39 is 11.0 Å². The monoisotopic (exact) mass is 580 g/mol. The van der Waals surface area contributed by atoms with Crippen LogP contribution < -0.4 is 14.2 Å². The minimum atomic E-state index is -1.54. The fourth-order valence-corrected chi connectivity index (χ4v) is 4.89. The number of para-hydroxylation sites is 1. The van der Waals surface area contributed by atoms with Crippen LogP contribution in [0.4, 0.5) is 5.95 Å². The molecule has 0 radical (unpaired) electrons. The van der Waals surface area contributed by atoms with Crippen molar-refractivity contribution in [2.45, 2.75) is 76.9 Å². The van der Waals surface area contributed by atoms with Crippen LogP contribution in [0.3, 0.4) is 0 Å². The normalized spacial score (nSPS) is 17.7. The van der Waals surface area contributed by atoms with E-state index in [2.05, 4.69) is 24.9 Å². The van der Waals surface area contributed by atoms with E-state index in [0.29, 0.717) is 46.2 Å². The molecular weight excluding hydrogens is 544 g/mol. The molecule has 11 nitrogen and oxygen atoms in total. The number of nitrogens with one attached hydrogen (secondary N) is 1. The van der Waals surface area contributed by atoms with Gasteiger partial charge in [0, 0.05) is 24.9 Å². The summed E-state index contributed by atoms with van der Waals surface area (Å²) in [6, 6.07) is 5.48. The van der Waals surface area contributed by atoms with Gasteiger partial charge in [0.2, 0.25) is 5.95 Å². The van der Waals surface area contributed by atoms with E-state index in [1.807, 2.05) is 39.0 Å². The van der Waals surface area contributed by atoms with E-state index in [1.165, 1.54) is 12.4 Å². The molecular formula is C26H37ClN6O5S. The van der Waals surface area contributed by atoms with E-state index in [9.17, 15) is 4.21 Å². The third kappa shape index (κ3) is 8.10. The van der Waals surface area contributed by atoms with Gasteiger partial charge in [0.25, 0.3) is 0 Å². The first-order valence-electron chi connectivity index (χ1n) is 12.6. The molecule has 1 aromatic carbocycles. The summed E-state index contributed by atoms with van der Waals surface area (Å²) >= 11 is 5.87. The van der Waals surface area contributed by atoms with Gasteiger partial charge in [-0.2, -0.15) is 0 Å². The summed E-state index contributed by atoms with van der Waals surface area (Å²) in [5.74, 6) is 2.52. The lowest BCUT2D eigenvalue weighted by molar-refractivity contribution is -0.0207. The van der Waals surface area contributed by atoms with Crippen LogP contribution >= 0.6 is 11.6 Å². The lowest BCUT2D eigenvalue weighted by Crippen LogP contribution is -2.24. The smallest absolute Gasteiger partial charge is 0.241 e. The minimum Gasteiger partial charge on any atom is -0.494 e. The topological polar surface area (TPSA) is 134 Å². The Kier molecular flexibility index (Phi) is 10.6. The van der Waals surface area contributed by atoms with Crippen LogP contribution in [-0.2, 0) is 22.1 Å². The van der Waals surface area contributed by atoms with Crippen molar-refractivity contribution in [3.05, 3.63) is 47.3 Å². The molecule has 39 heavy (non-hydrogen) atoms. The number of methoxy groups -OCH3 is 2. The molecule has 3 heterocycles. The van der Waals surface area contributed by atoms with Crippen LogP contribution in [0.5, 0.6) is 11.5 Å². The Balaban J connectivity index is 0.000000983. The SMILES string of the molecule is CC(C)O.COc1cccc(OC)c1-n1c(NS(=O)C(C)Cc2ncc(Cl)cn2)nnc1C1CCC(C)(C)O1. The van der Waals surface area contributed by atoms with Crippen LogP contribution in [0.1, 0.15) is 65.2 Å². The van der Waals surface area contributed by atoms with E-state index >= 15 is 0 Å². The Morgan fingerprint density at radius 2 is 1.77 bits per heavy atom. The predicted molar refractivity (Wildman–Crippen MR) is 151 cm³/mol. The molecule has 0 spiro atoms. The van der Waals surface area contributed by atoms with Crippen LogP contribution in [-0.4, -0.2) is 65.2 Å². The van der Waals surface area contributed by atoms with Crippen molar-refractivity contribution in [2.75, 3.05) is 18.9 Å². The third-order valence-corrected chi connectivity index (χ3v) is 7.25. The Bertz CT molecular complexity index is 1230. The molecule has 0 amide bonds. The molecule has 0 bridgehead atoms. The van der Waals surface area contributed by atoms with E-state index in [-0.39, 0.29) is 23.1 Å². The number of aliphatic hydroxyl groups is 1. The highest BCUT2D eigenvalue weighted by Gasteiger charge is 2.37. The zero-order valence-electron chi connectivity index (χ0n) is 23.3. The summed E-state index contributed by atoms with van der Waals surface area (Å²) < 4.78 is 35.6. The molecule has 13 heteroatoms.